The number of carbonyl (C=O) groups is 2. The number of aliphatic hydroxyl groups excluding tert-OH is 1. The lowest BCUT2D eigenvalue weighted by Gasteiger charge is -2.29. The van der Waals surface area contributed by atoms with Gasteiger partial charge in [-0.3, -0.25) is 9.59 Å². The Hall–Kier alpha value is -1.82. The van der Waals surface area contributed by atoms with Crippen LogP contribution in [0.4, 0.5) is 0 Å². The summed E-state index contributed by atoms with van der Waals surface area (Å²) in [6.45, 7) is 1.69. The van der Waals surface area contributed by atoms with E-state index in [1.54, 1.807) is 17.0 Å². The topological polar surface area (TPSA) is 82.8 Å². The highest BCUT2D eigenvalue weighted by Crippen LogP contribution is 2.11. The molecular weight excluding hydrogens is 260 g/mol. The monoisotopic (exact) mass is 280 g/mol. The van der Waals surface area contributed by atoms with E-state index in [2.05, 4.69) is 5.32 Å². The molecule has 6 nitrogen and oxygen atoms in total. The van der Waals surface area contributed by atoms with Gasteiger partial charge in [-0.1, -0.05) is 0 Å². The zero-order valence-electron chi connectivity index (χ0n) is 11.4. The highest BCUT2D eigenvalue weighted by atomic mass is 16.3. The number of aliphatic hydroxyl groups is 1. The molecule has 2 amide bonds. The average Bonchev–Trinajstić information content (AvgIpc) is 2.98. The molecule has 0 bridgehead atoms. The fraction of sp³-hybridized carbons (Fsp3) is 0.571. The highest BCUT2D eigenvalue weighted by molar-refractivity contribution is 5.91. The number of carbonyl (C=O) groups excluding carboxylic acids is 2. The Bertz CT molecular complexity index is 436. The predicted octanol–water partition coefficient (Wildman–Crippen LogP) is 0.773. The molecule has 1 fully saturated rings. The zero-order valence-corrected chi connectivity index (χ0v) is 11.4. The standard InChI is InChI=1S/C14H20N2O4/c17-11-5-8-16(9-6-11)13(18)4-1-7-15-14(19)12-3-2-10-20-12/h2-3,10-11,17H,1,4-9H2,(H,15,19). The molecule has 0 unspecified atom stereocenters. The first-order valence-electron chi connectivity index (χ1n) is 6.94. The largest absolute Gasteiger partial charge is 0.459 e. The van der Waals surface area contributed by atoms with Crippen LogP contribution in [0.25, 0.3) is 0 Å². The van der Waals surface area contributed by atoms with Crippen LogP contribution in [0.3, 0.4) is 0 Å². The van der Waals surface area contributed by atoms with E-state index < -0.39 is 0 Å². The van der Waals surface area contributed by atoms with E-state index in [1.165, 1.54) is 6.26 Å². The van der Waals surface area contributed by atoms with Gasteiger partial charge in [-0.05, 0) is 31.4 Å². The van der Waals surface area contributed by atoms with Crippen LogP contribution in [-0.4, -0.2) is 47.6 Å². The van der Waals surface area contributed by atoms with Crippen LogP contribution >= 0.6 is 0 Å². The molecule has 0 saturated carbocycles. The SMILES string of the molecule is O=C(NCCCC(=O)N1CCC(O)CC1)c1ccco1. The number of hydrogen-bond donors (Lipinski definition) is 2. The maximum Gasteiger partial charge on any atom is 0.286 e. The van der Waals surface area contributed by atoms with Gasteiger partial charge in [-0.25, -0.2) is 0 Å². The second-order valence-electron chi connectivity index (χ2n) is 4.95. The van der Waals surface area contributed by atoms with Gasteiger partial charge in [0, 0.05) is 26.1 Å². The van der Waals surface area contributed by atoms with Crippen LogP contribution in [0.2, 0.25) is 0 Å². The van der Waals surface area contributed by atoms with Gasteiger partial charge in [0.25, 0.3) is 5.91 Å². The lowest BCUT2D eigenvalue weighted by Crippen LogP contribution is -2.40. The Kier molecular flexibility index (Phi) is 5.17. The van der Waals surface area contributed by atoms with Crippen LogP contribution in [-0.2, 0) is 4.79 Å². The van der Waals surface area contributed by atoms with Crippen LogP contribution in [0.15, 0.2) is 22.8 Å². The number of nitrogens with zero attached hydrogens (tertiary/aromatic N) is 1. The summed E-state index contributed by atoms with van der Waals surface area (Å²) in [6, 6.07) is 3.25. The van der Waals surface area contributed by atoms with E-state index in [0.29, 0.717) is 45.3 Å². The fourth-order valence-corrected chi connectivity index (χ4v) is 2.21. The number of furan rings is 1. The van der Waals surface area contributed by atoms with Crippen molar-refractivity contribution in [2.45, 2.75) is 31.8 Å². The minimum atomic E-state index is -0.272. The maximum atomic E-state index is 11.9. The Morgan fingerprint density at radius 1 is 1.40 bits per heavy atom. The highest BCUT2D eigenvalue weighted by Gasteiger charge is 2.20. The van der Waals surface area contributed by atoms with Crippen molar-refractivity contribution in [3.63, 3.8) is 0 Å². The molecule has 2 heterocycles. The van der Waals surface area contributed by atoms with Gasteiger partial charge >= 0.3 is 0 Å². The van der Waals surface area contributed by atoms with Crippen molar-refractivity contribution in [1.82, 2.24) is 10.2 Å². The molecule has 1 aromatic heterocycles. The molecule has 110 valence electrons. The third-order valence-corrected chi connectivity index (χ3v) is 3.42. The fourth-order valence-electron chi connectivity index (χ4n) is 2.21. The van der Waals surface area contributed by atoms with Gasteiger partial charge in [-0.2, -0.15) is 0 Å². The molecule has 0 spiro atoms. The van der Waals surface area contributed by atoms with E-state index in [1.807, 2.05) is 0 Å². The maximum absolute atomic E-state index is 11.9. The van der Waals surface area contributed by atoms with Crippen molar-refractivity contribution < 1.29 is 19.1 Å². The summed E-state index contributed by atoms with van der Waals surface area (Å²) in [6.07, 6.45) is 3.50. The lowest BCUT2D eigenvalue weighted by molar-refractivity contribution is -0.133. The first-order valence-corrected chi connectivity index (χ1v) is 6.94. The smallest absolute Gasteiger partial charge is 0.286 e. The molecule has 0 radical (unpaired) electrons. The van der Waals surface area contributed by atoms with Crippen LogP contribution in [0.5, 0.6) is 0 Å². The molecule has 20 heavy (non-hydrogen) atoms. The number of nitrogens with one attached hydrogen (secondary N) is 1. The van der Waals surface area contributed by atoms with Crippen molar-refractivity contribution >= 4 is 11.8 Å². The quantitative estimate of drug-likeness (QED) is 0.781. The Morgan fingerprint density at radius 3 is 2.80 bits per heavy atom. The molecule has 1 saturated heterocycles. The summed E-state index contributed by atoms with van der Waals surface area (Å²) in [5, 5.41) is 12.1. The van der Waals surface area contributed by atoms with Gasteiger partial charge in [0.1, 0.15) is 0 Å². The van der Waals surface area contributed by atoms with Crippen molar-refractivity contribution in [2.75, 3.05) is 19.6 Å². The predicted molar refractivity (Wildman–Crippen MR) is 72.1 cm³/mol. The summed E-state index contributed by atoms with van der Waals surface area (Å²) >= 11 is 0. The van der Waals surface area contributed by atoms with E-state index in [-0.39, 0.29) is 23.7 Å². The van der Waals surface area contributed by atoms with Crippen molar-refractivity contribution in [3.8, 4) is 0 Å². The first kappa shape index (κ1) is 14.6. The third-order valence-electron chi connectivity index (χ3n) is 3.42. The summed E-state index contributed by atoms with van der Waals surface area (Å²) in [7, 11) is 0. The Morgan fingerprint density at radius 2 is 2.15 bits per heavy atom. The molecule has 1 aliphatic heterocycles. The van der Waals surface area contributed by atoms with E-state index in [4.69, 9.17) is 4.42 Å². The van der Waals surface area contributed by atoms with Crippen molar-refractivity contribution in [3.05, 3.63) is 24.2 Å². The van der Waals surface area contributed by atoms with Gasteiger partial charge in [0.05, 0.1) is 12.4 Å². The number of piperidine rings is 1. The molecule has 0 atom stereocenters. The van der Waals surface area contributed by atoms with Gasteiger partial charge in [0.15, 0.2) is 5.76 Å². The molecule has 1 aliphatic rings. The minimum absolute atomic E-state index is 0.0872. The summed E-state index contributed by atoms with van der Waals surface area (Å²) in [4.78, 5) is 25.2. The van der Waals surface area contributed by atoms with Gasteiger partial charge in [0.2, 0.25) is 5.91 Å². The summed E-state index contributed by atoms with van der Waals surface area (Å²) in [5.41, 5.74) is 0. The second kappa shape index (κ2) is 7.09. The van der Waals surface area contributed by atoms with E-state index in [9.17, 15) is 14.7 Å². The molecular formula is C14H20N2O4. The first-order chi connectivity index (χ1) is 9.66. The number of likely N-dealkylation sites (tertiary alicyclic amines) is 1. The molecule has 6 heteroatoms. The van der Waals surface area contributed by atoms with E-state index >= 15 is 0 Å². The molecule has 0 aliphatic carbocycles. The molecule has 2 rings (SSSR count). The van der Waals surface area contributed by atoms with Crippen LogP contribution in [0.1, 0.15) is 36.2 Å². The summed E-state index contributed by atoms with van der Waals surface area (Å²) in [5.74, 6) is 0.106. The molecule has 2 N–H and O–H groups in total. The number of hydrogen-bond acceptors (Lipinski definition) is 4. The van der Waals surface area contributed by atoms with Gasteiger partial charge < -0.3 is 19.7 Å². The van der Waals surface area contributed by atoms with Crippen molar-refractivity contribution in [1.29, 1.82) is 0 Å². The second-order valence-corrected chi connectivity index (χ2v) is 4.95. The normalized spacial score (nSPS) is 16.1. The van der Waals surface area contributed by atoms with Gasteiger partial charge in [-0.15, -0.1) is 0 Å². The zero-order chi connectivity index (χ0) is 14.4. The number of rotatable bonds is 5. The Labute approximate surface area is 117 Å². The van der Waals surface area contributed by atoms with Crippen LogP contribution < -0.4 is 5.32 Å². The number of amides is 2. The average molecular weight is 280 g/mol. The minimum Gasteiger partial charge on any atom is -0.459 e. The van der Waals surface area contributed by atoms with Crippen molar-refractivity contribution in [2.24, 2.45) is 0 Å². The Balaban J connectivity index is 1.61. The van der Waals surface area contributed by atoms with Crippen LogP contribution in [0, 0.1) is 0 Å². The third kappa shape index (κ3) is 4.09. The molecule has 0 aromatic carbocycles. The van der Waals surface area contributed by atoms with E-state index in [0.717, 1.165) is 0 Å². The molecule has 1 aromatic rings. The summed E-state index contributed by atoms with van der Waals surface area (Å²) < 4.78 is 4.97. The lowest BCUT2D eigenvalue weighted by atomic mass is 10.1.